The third-order valence-corrected chi connectivity index (χ3v) is 4.45. The molecule has 23 heavy (non-hydrogen) atoms. The SMILES string of the molecule is Cc1ccc(Cc2ccccc2-c2cc(Cl)cc(Cl)c2N)cc1. The van der Waals surface area contributed by atoms with E-state index in [1.165, 1.54) is 16.7 Å². The monoisotopic (exact) mass is 341 g/mol. The summed E-state index contributed by atoms with van der Waals surface area (Å²) in [6, 6.07) is 20.3. The molecule has 3 rings (SSSR count). The van der Waals surface area contributed by atoms with Gasteiger partial charge in [0, 0.05) is 10.6 Å². The second-order valence-electron chi connectivity index (χ2n) is 5.67. The first-order valence-corrected chi connectivity index (χ1v) is 8.18. The van der Waals surface area contributed by atoms with Crippen LogP contribution in [-0.2, 0) is 6.42 Å². The van der Waals surface area contributed by atoms with Gasteiger partial charge in [-0.2, -0.15) is 0 Å². The lowest BCUT2D eigenvalue weighted by molar-refractivity contribution is 1.19. The van der Waals surface area contributed by atoms with Crippen molar-refractivity contribution in [3.05, 3.63) is 87.4 Å². The molecule has 3 heteroatoms. The molecule has 0 unspecified atom stereocenters. The van der Waals surface area contributed by atoms with E-state index in [4.69, 9.17) is 28.9 Å². The van der Waals surface area contributed by atoms with Crippen molar-refractivity contribution in [3.63, 3.8) is 0 Å². The number of halogens is 2. The topological polar surface area (TPSA) is 26.0 Å². The number of nitrogen functional groups attached to an aromatic ring is 1. The largest absolute Gasteiger partial charge is 0.397 e. The van der Waals surface area contributed by atoms with Crippen molar-refractivity contribution in [2.45, 2.75) is 13.3 Å². The van der Waals surface area contributed by atoms with Gasteiger partial charge >= 0.3 is 0 Å². The van der Waals surface area contributed by atoms with Gasteiger partial charge < -0.3 is 5.73 Å². The minimum atomic E-state index is 0.484. The van der Waals surface area contributed by atoms with Gasteiger partial charge in [0.2, 0.25) is 0 Å². The fourth-order valence-corrected chi connectivity index (χ4v) is 3.16. The Balaban J connectivity index is 2.06. The molecule has 0 amide bonds. The molecule has 1 nitrogen and oxygen atoms in total. The summed E-state index contributed by atoms with van der Waals surface area (Å²) in [5, 5.41) is 1.07. The molecule has 0 heterocycles. The Kier molecular flexibility index (Phi) is 4.61. The molecule has 0 aromatic heterocycles. The summed E-state index contributed by atoms with van der Waals surface area (Å²) in [6.07, 6.45) is 0.833. The Labute approximate surface area is 146 Å². The number of anilines is 1. The summed E-state index contributed by atoms with van der Waals surface area (Å²) in [4.78, 5) is 0. The molecule has 3 aromatic carbocycles. The molecular weight excluding hydrogens is 325 g/mol. The molecule has 0 atom stereocenters. The fourth-order valence-electron chi connectivity index (χ4n) is 2.67. The molecule has 0 aliphatic rings. The molecule has 0 aliphatic heterocycles. The molecule has 116 valence electrons. The van der Waals surface area contributed by atoms with Crippen molar-refractivity contribution >= 4 is 28.9 Å². The number of rotatable bonds is 3. The molecule has 2 N–H and O–H groups in total. The zero-order chi connectivity index (χ0) is 16.4. The van der Waals surface area contributed by atoms with Gasteiger partial charge in [-0.3, -0.25) is 0 Å². The highest BCUT2D eigenvalue weighted by atomic mass is 35.5. The summed E-state index contributed by atoms with van der Waals surface area (Å²) in [6.45, 7) is 2.09. The second-order valence-corrected chi connectivity index (χ2v) is 6.51. The summed E-state index contributed by atoms with van der Waals surface area (Å²) in [7, 11) is 0. The molecule has 0 radical (unpaired) electrons. The van der Waals surface area contributed by atoms with Crippen LogP contribution in [0.1, 0.15) is 16.7 Å². The Morgan fingerprint density at radius 2 is 1.57 bits per heavy atom. The Hall–Kier alpha value is -1.96. The van der Waals surface area contributed by atoms with E-state index >= 15 is 0 Å². The lowest BCUT2D eigenvalue weighted by atomic mass is 9.94. The highest BCUT2D eigenvalue weighted by Crippen LogP contribution is 2.37. The van der Waals surface area contributed by atoms with Crippen LogP contribution in [0.5, 0.6) is 0 Å². The van der Waals surface area contributed by atoms with E-state index in [1.807, 2.05) is 18.2 Å². The summed E-state index contributed by atoms with van der Waals surface area (Å²) >= 11 is 12.4. The minimum Gasteiger partial charge on any atom is -0.397 e. The van der Waals surface area contributed by atoms with E-state index in [2.05, 4.69) is 43.3 Å². The molecular formula is C20H17Cl2N. The van der Waals surface area contributed by atoms with Crippen molar-refractivity contribution in [3.8, 4) is 11.1 Å². The van der Waals surface area contributed by atoms with Gasteiger partial charge in [0.05, 0.1) is 10.7 Å². The smallest absolute Gasteiger partial charge is 0.0656 e. The van der Waals surface area contributed by atoms with Gasteiger partial charge in [-0.05, 0) is 42.2 Å². The summed E-state index contributed by atoms with van der Waals surface area (Å²) in [5.41, 5.74) is 12.4. The first-order chi connectivity index (χ1) is 11.0. The van der Waals surface area contributed by atoms with Gasteiger partial charge in [0.25, 0.3) is 0 Å². The van der Waals surface area contributed by atoms with E-state index in [-0.39, 0.29) is 0 Å². The van der Waals surface area contributed by atoms with Crippen LogP contribution in [0, 0.1) is 6.92 Å². The molecule has 0 saturated heterocycles. The number of aryl methyl sites for hydroxylation is 1. The predicted octanol–water partition coefficient (Wildman–Crippen LogP) is 6.14. The third-order valence-electron chi connectivity index (χ3n) is 3.92. The van der Waals surface area contributed by atoms with E-state index in [9.17, 15) is 0 Å². The van der Waals surface area contributed by atoms with E-state index in [1.54, 1.807) is 6.07 Å². The van der Waals surface area contributed by atoms with Crippen molar-refractivity contribution in [2.75, 3.05) is 5.73 Å². The molecule has 3 aromatic rings. The lowest BCUT2D eigenvalue weighted by Gasteiger charge is -2.14. The number of hydrogen-bond donors (Lipinski definition) is 1. The van der Waals surface area contributed by atoms with Crippen molar-refractivity contribution < 1.29 is 0 Å². The van der Waals surface area contributed by atoms with Crippen LogP contribution in [0.2, 0.25) is 10.0 Å². The number of nitrogens with two attached hydrogens (primary N) is 1. The Morgan fingerprint density at radius 3 is 2.30 bits per heavy atom. The maximum atomic E-state index is 6.19. The average Bonchev–Trinajstić information content (AvgIpc) is 2.54. The molecule has 0 saturated carbocycles. The van der Waals surface area contributed by atoms with Crippen molar-refractivity contribution in [2.24, 2.45) is 0 Å². The number of hydrogen-bond acceptors (Lipinski definition) is 1. The van der Waals surface area contributed by atoms with E-state index in [0.717, 1.165) is 17.5 Å². The zero-order valence-electron chi connectivity index (χ0n) is 12.8. The average molecular weight is 342 g/mol. The van der Waals surface area contributed by atoms with Gasteiger partial charge in [-0.25, -0.2) is 0 Å². The van der Waals surface area contributed by atoms with Crippen LogP contribution >= 0.6 is 23.2 Å². The summed E-state index contributed by atoms with van der Waals surface area (Å²) < 4.78 is 0. The van der Waals surface area contributed by atoms with E-state index in [0.29, 0.717) is 15.7 Å². The maximum Gasteiger partial charge on any atom is 0.0656 e. The third kappa shape index (κ3) is 3.52. The molecule has 0 bridgehead atoms. The number of benzene rings is 3. The van der Waals surface area contributed by atoms with Crippen molar-refractivity contribution in [1.82, 2.24) is 0 Å². The lowest BCUT2D eigenvalue weighted by Crippen LogP contribution is -1.96. The minimum absolute atomic E-state index is 0.484. The van der Waals surface area contributed by atoms with E-state index < -0.39 is 0 Å². The van der Waals surface area contributed by atoms with Crippen LogP contribution in [-0.4, -0.2) is 0 Å². The van der Waals surface area contributed by atoms with Gasteiger partial charge in [-0.1, -0.05) is 77.3 Å². The highest BCUT2D eigenvalue weighted by Gasteiger charge is 2.12. The first-order valence-electron chi connectivity index (χ1n) is 7.43. The fraction of sp³-hybridized carbons (Fsp3) is 0.100. The molecule has 0 aliphatic carbocycles. The predicted molar refractivity (Wildman–Crippen MR) is 100 cm³/mol. The van der Waals surface area contributed by atoms with Crippen molar-refractivity contribution in [1.29, 1.82) is 0 Å². The Bertz CT molecular complexity index is 839. The van der Waals surface area contributed by atoms with Gasteiger partial charge in [0.1, 0.15) is 0 Å². The van der Waals surface area contributed by atoms with Crippen LogP contribution in [0.15, 0.2) is 60.7 Å². The van der Waals surface area contributed by atoms with Crippen LogP contribution in [0.4, 0.5) is 5.69 Å². The zero-order valence-corrected chi connectivity index (χ0v) is 14.3. The van der Waals surface area contributed by atoms with Crippen LogP contribution < -0.4 is 5.73 Å². The first kappa shape index (κ1) is 15.9. The highest BCUT2D eigenvalue weighted by molar-refractivity contribution is 6.37. The van der Waals surface area contributed by atoms with Gasteiger partial charge in [-0.15, -0.1) is 0 Å². The molecule has 0 spiro atoms. The Morgan fingerprint density at radius 1 is 0.870 bits per heavy atom. The second kappa shape index (κ2) is 6.66. The van der Waals surface area contributed by atoms with Crippen LogP contribution in [0.25, 0.3) is 11.1 Å². The van der Waals surface area contributed by atoms with Crippen LogP contribution in [0.3, 0.4) is 0 Å². The molecule has 0 fully saturated rings. The van der Waals surface area contributed by atoms with Gasteiger partial charge in [0.15, 0.2) is 0 Å². The normalized spacial score (nSPS) is 10.7. The quantitative estimate of drug-likeness (QED) is 0.568. The standard InChI is InChI=1S/C20H17Cl2N/c1-13-6-8-14(9-7-13)10-15-4-2-3-5-17(15)18-11-16(21)12-19(22)20(18)23/h2-9,11-12H,10,23H2,1H3. The maximum absolute atomic E-state index is 6.19. The summed E-state index contributed by atoms with van der Waals surface area (Å²) in [5.74, 6) is 0.